The van der Waals surface area contributed by atoms with Crippen LogP contribution in [0.15, 0.2) is 65.8 Å². The molecule has 0 aliphatic rings. The number of aryl methyl sites for hydroxylation is 1. The van der Waals surface area contributed by atoms with E-state index < -0.39 is 5.91 Å². The molecule has 3 aromatic rings. The summed E-state index contributed by atoms with van der Waals surface area (Å²) < 4.78 is 5.78. The molecule has 0 bridgehead atoms. The van der Waals surface area contributed by atoms with Crippen molar-refractivity contribution in [1.29, 1.82) is 0 Å². The summed E-state index contributed by atoms with van der Waals surface area (Å²) in [4.78, 5) is 19.2. The van der Waals surface area contributed by atoms with E-state index in [2.05, 4.69) is 27.3 Å². The third kappa shape index (κ3) is 4.64. The van der Waals surface area contributed by atoms with E-state index in [0.29, 0.717) is 23.9 Å². The highest BCUT2D eigenvalue weighted by Crippen LogP contribution is 2.32. The fourth-order valence-corrected chi connectivity index (χ4v) is 2.61. The molecule has 28 heavy (non-hydrogen) atoms. The number of nitrogens with zero attached hydrogens (tertiary/aromatic N) is 2. The van der Waals surface area contributed by atoms with Crippen LogP contribution in [-0.2, 0) is 0 Å². The van der Waals surface area contributed by atoms with Crippen LogP contribution in [0.5, 0.6) is 11.5 Å². The zero-order valence-electron chi connectivity index (χ0n) is 15.5. The van der Waals surface area contributed by atoms with Crippen molar-refractivity contribution in [2.24, 2.45) is 10.7 Å². The van der Waals surface area contributed by atoms with Crippen LogP contribution in [-0.4, -0.2) is 24.3 Å². The fraction of sp³-hybridized carbons (Fsp3) is 0.0952. The third-order valence-corrected chi connectivity index (χ3v) is 4.06. The molecule has 0 atom stereocenters. The van der Waals surface area contributed by atoms with Gasteiger partial charge in [-0.3, -0.25) is 14.8 Å². The van der Waals surface area contributed by atoms with Crippen molar-refractivity contribution in [1.82, 2.24) is 4.98 Å². The number of hydrogen-bond donors (Lipinski definition) is 3. The molecule has 0 saturated carbocycles. The molecule has 0 unspecified atom stereocenters. The van der Waals surface area contributed by atoms with Crippen LogP contribution >= 0.6 is 0 Å². The Labute approximate surface area is 163 Å². The van der Waals surface area contributed by atoms with Crippen LogP contribution in [0.2, 0.25) is 0 Å². The summed E-state index contributed by atoms with van der Waals surface area (Å²) in [5.74, 6) is 0.404. The predicted octanol–water partition coefficient (Wildman–Crippen LogP) is 4.09. The first kappa shape index (κ1) is 18.9. The van der Waals surface area contributed by atoms with Crippen molar-refractivity contribution in [3.63, 3.8) is 0 Å². The summed E-state index contributed by atoms with van der Waals surface area (Å²) in [5, 5.41) is 6.61. The Bertz CT molecular complexity index is 1000. The number of aromatic nitrogens is 1. The Kier molecular flexibility index (Phi) is 5.86. The molecule has 0 saturated heterocycles. The van der Waals surface area contributed by atoms with Crippen LogP contribution in [0, 0.1) is 6.92 Å². The van der Waals surface area contributed by atoms with Gasteiger partial charge < -0.3 is 21.1 Å². The molecular weight excluding hydrogens is 354 g/mol. The van der Waals surface area contributed by atoms with Crippen molar-refractivity contribution in [2.45, 2.75) is 6.92 Å². The van der Waals surface area contributed by atoms with E-state index in [-0.39, 0.29) is 5.69 Å². The number of aliphatic imine (C=N–C) groups is 1. The Morgan fingerprint density at radius 2 is 1.86 bits per heavy atom. The van der Waals surface area contributed by atoms with E-state index in [4.69, 9.17) is 10.5 Å². The zero-order chi connectivity index (χ0) is 19.9. The molecule has 1 heterocycles. The SMILES string of the molecule is C=Nc1cc(Oc2ccnc(C(N)=O)c2)ccc1NCNc1ccccc1C. The summed E-state index contributed by atoms with van der Waals surface area (Å²) in [6.45, 7) is 6.20. The summed E-state index contributed by atoms with van der Waals surface area (Å²) >= 11 is 0. The zero-order valence-corrected chi connectivity index (χ0v) is 15.5. The number of primary amides is 1. The smallest absolute Gasteiger partial charge is 0.267 e. The van der Waals surface area contributed by atoms with E-state index in [9.17, 15) is 4.79 Å². The molecule has 0 aliphatic heterocycles. The van der Waals surface area contributed by atoms with Gasteiger partial charge in [0.15, 0.2) is 0 Å². The minimum atomic E-state index is -0.611. The summed E-state index contributed by atoms with van der Waals surface area (Å²) in [7, 11) is 0. The molecule has 2 aromatic carbocycles. The number of amides is 1. The number of ether oxygens (including phenoxy) is 1. The second kappa shape index (κ2) is 8.68. The van der Waals surface area contributed by atoms with Crippen LogP contribution in [0.1, 0.15) is 16.1 Å². The van der Waals surface area contributed by atoms with Gasteiger partial charge in [0.2, 0.25) is 0 Å². The first-order valence-electron chi connectivity index (χ1n) is 8.64. The molecule has 7 heteroatoms. The van der Waals surface area contributed by atoms with Crippen LogP contribution in [0.25, 0.3) is 0 Å². The normalized spacial score (nSPS) is 10.2. The Hall–Kier alpha value is -3.87. The number of nitrogens with one attached hydrogen (secondary N) is 2. The van der Waals surface area contributed by atoms with Gasteiger partial charge in [0.1, 0.15) is 17.2 Å². The molecule has 1 aromatic heterocycles. The summed E-state index contributed by atoms with van der Waals surface area (Å²) in [6.07, 6.45) is 1.47. The highest BCUT2D eigenvalue weighted by atomic mass is 16.5. The molecule has 7 nitrogen and oxygen atoms in total. The number of hydrogen-bond acceptors (Lipinski definition) is 6. The highest BCUT2D eigenvalue weighted by Gasteiger charge is 2.07. The van der Waals surface area contributed by atoms with Crippen molar-refractivity contribution in [3.8, 4) is 11.5 Å². The Morgan fingerprint density at radius 3 is 2.61 bits per heavy atom. The van der Waals surface area contributed by atoms with Gasteiger partial charge in [-0.05, 0) is 43.5 Å². The minimum absolute atomic E-state index is 0.139. The quantitative estimate of drug-likeness (QED) is 0.406. The third-order valence-electron chi connectivity index (χ3n) is 4.06. The standard InChI is InChI=1S/C21H21N5O2/c1-14-5-3-4-6-17(14)25-13-26-18-8-7-15(11-19(18)23-2)28-16-9-10-24-20(12-16)21(22)27/h3-12,25-26H,2,13H2,1H3,(H2,22,27). The lowest BCUT2D eigenvalue weighted by Gasteiger charge is -2.14. The second-order valence-electron chi connectivity index (χ2n) is 6.03. The number of benzene rings is 2. The van der Waals surface area contributed by atoms with Crippen LogP contribution < -0.4 is 21.1 Å². The average molecular weight is 375 g/mol. The fourth-order valence-electron chi connectivity index (χ4n) is 2.61. The molecule has 142 valence electrons. The van der Waals surface area contributed by atoms with Crippen molar-refractivity contribution >= 4 is 29.7 Å². The molecule has 0 radical (unpaired) electrons. The van der Waals surface area contributed by atoms with Crippen molar-refractivity contribution in [2.75, 3.05) is 17.3 Å². The average Bonchev–Trinajstić information content (AvgIpc) is 2.70. The van der Waals surface area contributed by atoms with Gasteiger partial charge in [0.05, 0.1) is 18.0 Å². The van der Waals surface area contributed by atoms with Gasteiger partial charge in [-0.25, -0.2) is 0 Å². The lowest BCUT2D eigenvalue weighted by atomic mass is 10.2. The number of nitrogens with two attached hydrogens (primary N) is 1. The second-order valence-corrected chi connectivity index (χ2v) is 6.03. The van der Waals surface area contributed by atoms with Gasteiger partial charge in [0.25, 0.3) is 5.91 Å². The number of rotatable bonds is 8. The van der Waals surface area contributed by atoms with Gasteiger partial charge in [-0.1, -0.05) is 18.2 Å². The van der Waals surface area contributed by atoms with Gasteiger partial charge in [-0.15, -0.1) is 0 Å². The van der Waals surface area contributed by atoms with Crippen molar-refractivity contribution < 1.29 is 9.53 Å². The van der Waals surface area contributed by atoms with Crippen LogP contribution in [0.4, 0.5) is 17.1 Å². The topological polar surface area (TPSA) is 102 Å². The molecule has 0 fully saturated rings. The predicted molar refractivity (Wildman–Crippen MR) is 112 cm³/mol. The molecule has 0 spiro atoms. The lowest BCUT2D eigenvalue weighted by Crippen LogP contribution is -2.12. The molecule has 1 amide bonds. The van der Waals surface area contributed by atoms with E-state index in [1.54, 1.807) is 18.2 Å². The molecular formula is C21H21N5O2. The number of anilines is 2. The molecule has 4 N–H and O–H groups in total. The lowest BCUT2D eigenvalue weighted by molar-refractivity contribution is 0.0995. The van der Waals surface area contributed by atoms with Gasteiger partial charge >= 0.3 is 0 Å². The largest absolute Gasteiger partial charge is 0.457 e. The maximum Gasteiger partial charge on any atom is 0.267 e. The van der Waals surface area contributed by atoms with Crippen molar-refractivity contribution in [3.05, 3.63) is 72.1 Å². The summed E-state index contributed by atoms with van der Waals surface area (Å²) in [6, 6.07) is 16.6. The van der Waals surface area contributed by atoms with Gasteiger partial charge in [-0.2, -0.15) is 0 Å². The maximum atomic E-state index is 11.2. The molecule has 0 aliphatic carbocycles. The summed E-state index contributed by atoms with van der Waals surface area (Å²) in [5.41, 5.74) is 9.08. The maximum absolute atomic E-state index is 11.2. The van der Waals surface area contributed by atoms with Crippen LogP contribution in [0.3, 0.4) is 0 Å². The van der Waals surface area contributed by atoms with Gasteiger partial charge in [0, 0.05) is 24.0 Å². The van der Waals surface area contributed by atoms with E-state index in [1.165, 1.54) is 17.8 Å². The van der Waals surface area contributed by atoms with E-state index >= 15 is 0 Å². The Balaban J connectivity index is 1.68. The first-order chi connectivity index (χ1) is 13.6. The Morgan fingerprint density at radius 1 is 1.11 bits per heavy atom. The minimum Gasteiger partial charge on any atom is -0.457 e. The number of carbonyl (C=O) groups excluding carboxylic acids is 1. The number of pyridine rings is 1. The first-order valence-corrected chi connectivity index (χ1v) is 8.64. The number of para-hydroxylation sites is 1. The molecule has 3 rings (SSSR count). The monoisotopic (exact) mass is 375 g/mol. The highest BCUT2D eigenvalue weighted by molar-refractivity contribution is 5.91. The number of carbonyl (C=O) groups is 1. The van der Waals surface area contributed by atoms with E-state index in [0.717, 1.165) is 11.4 Å². The van der Waals surface area contributed by atoms with E-state index in [1.807, 2.05) is 37.3 Å².